The van der Waals surface area contributed by atoms with Gasteiger partial charge in [0.25, 0.3) is 5.91 Å². The molecule has 0 spiro atoms. The third-order valence-corrected chi connectivity index (χ3v) is 9.02. The van der Waals surface area contributed by atoms with E-state index in [9.17, 15) is 22.4 Å². The summed E-state index contributed by atoms with van der Waals surface area (Å²) in [5.41, 5.74) is 0.636. The molecule has 13 heteroatoms. The molecule has 0 bridgehead atoms. The summed E-state index contributed by atoms with van der Waals surface area (Å²) in [6.45, 7) is 1.02. The van der Waals surface area contributed by atoms with Crippen molar-refractivity contribution in [2.75, 3.05) is 29.5 Å². The summed E-state index contributed by atoms with van der Waals surface area (Å²) in [7, 11) is -3.57. The number of rotatable bonds is 8. The molecule has 0 atom stereocenters. The van der Waals surface area contributed by atoms with Crippen LogP contribution in [-0.2, 0) is 14.8 Å². The molecule has 4 rings (SSSR count). The molecule has 1 fully saturated rings. The highest BCUT2D eigenvalue weighted by atomic mass is 32.2. The van der Waals surface area contributed by atoms with E-state index >= 15 is 0 Å². The van der Waals surface area contributed by atoms with Crippen LogP contribution in [0.2, 0.25) is 0 Å². The zero-order chi connectivity index (χ0) is 24.8. The Balaban J connectivity index is 1.30. The van der Waals surface area contributed by atoms with Gasteiger partial charge in [-0.25, -0.2) is 12.8 Å². The average molecular weight is 536 g/mol. The van der Waals surface area contributed by atoms with Crippen molar-refractivity contribution in [2.24, 2.45) is 0 Å². The molecular weight excluding hydrogens is 513 g/mol. The highest BCUT2D eigenvalue weighted by molar-refractivity contribution is 8.01. The highest BCUT2D eigenvalue weighted by Crippen LogP contribution is 2.26. The van der Waals surface area contributed by atoms with Crippen LogP contribution < -0.4 is 10.6 Å². The zero-order valence-electron chi connectivity index (χ0n) is 18.4. The van der Waals surface area contributed by atoms with Crippen LogP contribution in [0.4, 0.5) is 15.2 Å². The second-order valence-electron chi connectivity index (χ2n) is 7.66. The van der Waals surface area contributed by atoms with Gasteiger partial charge in [-0.1, -0.05) is 35.6 Å². The van der Waals surface area contributed by atoms with Gasteiger partial charge in [0.1, 0.15) is 5.82 Å². The third-order valence-electron chi connectivity index (χ3n) is 5.13. The second kappa shape index (κ2) is 11.2. The number of amides is 2. The lowest BCUT2D eigenvalue weighted by molar-refractivity contribution is -0.113. The quantitative estimate of drug-likeness (QED) is 0.332. The van der Waals surface area contributed by atoms with Gasteiger partial charge in [0, 0.05) is 24.3 Å². The Hall–Kier alpha value is -2.87. The van der Waals surface area contributed by atoms with E-state index in [1.807, 2.05) is 0 Å². The van der Waals surface area contributed by atoms with Crippen LogP contribution in [0.15, 0.2) is 57.8 Å². The number of halogens is 1. The Morgan fingerprint density at radius 1 is 1.03 bits per heavy atom. The molecule has 2 aromatic carbocycles. The fourth-order valence-corrected chi connectivity index (χ4v) is 6.48. The van der Waals surface area contributed by atoms with E-state index in [4.69, 9.17) is 0 Å². The number of carbonyl (C=O) groups is 2. The van der Waals surface area contributed by atoms with Gasteiger partial charge >= 0.3 is 0 Å². The summed E-state index contributed by atoms with van der Waals surface area (Å²) in [6, 6.07) is 11.4. The van der Waals surface area contributed by atoms with Gasteiger partial charge in [-0.05, 0) is 55.3 Å². The number of anilines is 2. The lowest BCUT2D eigenvalue weighted by atomic mass is 10.2. The molecule has 35 heavy (non-hydrogen) atoms. The maximum Gasteiger partial charge on any atom is 0.257 e. The van der Waals surface area contributed by atoms with E-state index in [1.165, 1.54) is 46.8 Å². The maximum absolute atomic E-state index is 13.2. The molecule has 0 radical (unpaired) electrons. The van der Waals surface area contributed by atoms with Crippen LogP contribution in [-0.4, -0.2) is 53.6 Å². The molecule has 2 amide bonds. The minimum absolute atomic E-state index is 0.0338. The first-order valence-corrected chi connectivity index (χ1v) is 14.0. The molecule has 3 aromatic rings. The summed E-state index contributed by atoms with van der Waals surface area (Å²) in [4.78, 5) is 24.8. The Kier molecular flexibility index (Phi) is 8.11. The lowest BCUT2D eigenvalue weighted by Crippen LogP contribution is -2.35. The van der Waals surface area contributed by atoms with Crippen molar-refractivity contribution >= 4 is 55.8 Å². The fraction of sp³-hybridized carbons (Fsp3) is 0.273. The second-order valence-corrected chi connectivity index (χ2v) is 11.8. The molecule has 0 unspecified atom stereocenters. The normalized spacial score (nSPS) is 14.4. The number of piperidine rings is 1. The van der Waals surface area contributed by atoms with Crippen LogP contribution >= 0.6 is 23.1 Å². The number of nitrogens with zero attached hydrogens (tertiary/aromatic N) is 3. The number of nitrogens with one attached hydrogen (secondary N) is 2. The molecule has 2 N–H and O–H groups in total. The summed E-state index contributed by atoms with van der Waals surface area (Å²) in [5.74, 6) is -1.20. The summed E-state index contributed by atoms with van der Waals surface area (Å²) in [5, 5.41) is 13.3. The molecule has 1 aromatic heterocycles. The third kappa shape index (κ3) is 6.63. The van der Waals surface area contributed by atoms with Crippen molar-refractivity contribution in [1.29, 1.82) is 0 Å². The monoisotopic (exact) mass is 535 g/mol. The predicted molar refractivity (Wildman–Crippen MR) is 133 cm³/mol. The largest absolute Gasteiger partial charge is 0.325 e. The van der Waals surface area contributed by atoms with Gasteiger partial charge < -0.3 is 5.32 Å². The summed E-state index contributed by atoms with van der Waals surface area (Å²) < 4.78 is 40.7. The molecule has 1 aliphatic heterocycles. The molecule has 1 saturated heterocycles. The number of hydrogen-bond acceptors (Lipinski definition) is 8. The van der Waals surface area contributed by atoms with E-state index in [1.54, 1.807) is 6.07 Å². The Bertz CT molecular complexity index is 1310. The van der Waals surface area contributed by atoms with E-state index in [0.29, 0.717) is 23.1 Å². The smallest absolute Gasteiger partial charge is 0.257 e. The fourth-order valence-electron chi connectivity index (χ4n) is 3.41. The van der Waals surface area contributed by atoms with Gasteiger partial charge in [-0.3, -0.25) is 14.9 Å². The topological polar surface area (TPSA) is 121 Å². The van der Waals surface area contributed by atoms with Crippen LogP contribution in [0.3, 0.4) is 0 Å². The van der Waals surface area contributed by atoms with Crippen molar-refractivity contribution in [3.8, 4) is 0 Å². The van der Waals surface area contributed by atoms with Crippen LogP contribution in [0.5, 0.6) is 0 Å². The lowest BCUT2D eigenvalue weighted by Gasteiger charge is -2.25. The number of hydrogen-bond donors (Lipinski definition) is 2. The van der Waals surface area contributed by atoms with E-state index in [2.05, 4.69) is 20.8 Å². The number of aromatic nitrogens is 2. The van der Waals surface area contributed by atoms with Gasteiger partial charge in [-0.15, -0.1) is 10.2 Å². The van der Waals surface area contributed by atoms with Crippen molar-refractivity contribution in [3.05, 3.63) is 59.9 Å². The van der Waals surface area contributed by atoms with E-state index < -0.39 is 21.7 Å². The molecule has 1 aliphatic rings. The van der Waals surface area contributed by atoms with E-state index in [-0.39, 0.29) is 27.3 Å². The maximum atomic E-state index is 13.2. The Morgan fingerprint density at radius 3 is 2.49 bits per heavy atom. The highest BCUT2D eigenvalue weighted by Gasteiger charge is 2.26. The number of benzene rings is 2. The molecule has 2 heterocycles. The number of sulfonamides is 1. The molecule has 184 valence electrons. The molecular formula is C22H22FN5O4S3. The van der Waals surface area contributed by atoms with Gasteiger partial charge in [0.15, 0.2) is 4.34 Å². The summed E-state index contributed by atoms with van der Waals surface area (Å²) in [6.07, 6.45) is 2.72. The van der Waals surface area contributed by atoms with Crippen molar-refractivity contribution in [3.63, 3.8) is 0 Å². The van der Waals surface area contributed by atoms with Crippen LogP contribution in [0.25, 0.3) is 0 Å². The van der Waals surface area contributed by atoms with Gasteiger partial charge in [0.2, 0.25) is 21.1 Å². The molecule has 9 nitrogen and oxygen atoms in total. The van der Waals surface area contributed by atoms with Crippen LogP contribution in [0, 0.1) is 5.82 Å². The summed E-state index contributed by atoms with van der Waals surface area (Å²) >= 11 is 2.23. The standard InChI is InChI=1S/C22H22FN5O4S3/c23-16-5-4-6-17(13-16)24-19(29)14-33-22-27-26-21(34-22)25-20(30)15-7-9-18(10-8-15)35(31,32)28-11-2-1-3-12-28/h4-10,13H,1-3,11-12,14H2,(H,24,29)(H,25,26,30). The van der Waals surface area contributed by atoms with Crippen molar-refractivity contribution in [2.45, 2.75) is 28.5 Å². The number of carbonyl (C=O) groups excluding carboxylic acids is 2. The van der Waals surface area contributed by atoms with Gasteiger partial charge in [-0.2, -0.15) is 4.31 Å². The average Bonchev–Trinajstić information content (AvgIpc) is 3.30. The Labute approximate surface area is 210 Å². The van der Waals surface area contributed by atoms with Gasteiger partial charge in [0.05, 0.1) is 10.6 Å². The first-order chi connectivity index (χ1) is 16.8. The molecule has 0 aliphatic carbocycles. The predicted octanol–water partition coefficient (Wildman–Crippen LogP) is 3.83. The zero-order valence-corrected chi connectivity index (χ0v) is 20.9. The minimum atomic E-state index is -3.57. The molecule has 0 saturated carbocycles. The van der Waals surface area contributed by atoms with Crippen LogP contribution in [0.1, 0.15) is 29.6 Å². The van der Waals surface area contributed by atoms with Crippen molar-refractivity contribution in [1.82, 2.24) is 14.5 Å². The SMILES string of the molecule is O=C(CSc1nnc(NC(=O)c2ccc(S(=O)(=O)N3CCCCC3)cc2)s1)Nc1cccc(F)c1. The van der Waals surface area contributed by atoms with Crippen molar-refractivity contribution < 1.29 is 22.4 Å². The number of thioether (sulfide) groups is 1. The minimum Gasteiger partial charge on any atom is -0.325 e. The first kappa shape index (κ1) is 25.2. The first-order valence-electron chi connectivity index (χ1n) is 10.7. The Morgan fingerprint density at radius 2 is 1.77 bits per heavy atom. The van der Waals surface area contributed by atoms with E-state index in [0.717, 1.165) is 42.4 Å².